The molecule has 0 aliphatic carbocycles. The zero-order valence-electron chi connectivity index (χ0n) is 17.2. The van der Waals surface area contributed by atoms with Gasteiger partial charge >= 0.3 is 0 Å². The molecule has 7 heteroatoms. The zero-order chi connectivity index (χ0) is 22.2. The Kier molecular flexibility index (Phi) is 5.88. The molecule has 0 saturated carbocycles. The van der Waals surface area contributed by atoms with E-state index in [1.165, 1.54) is 0 Å². The van der Waals surface area contributed by atoms with E-state index in [-0.39, 0.29) is 12.1 Å². The molecule has 2 aromatic carbocycles. The molecule has 1 N–H and O–H groups in total. The van der Waals surface area contributed by atoms with Crippen molar-refractivity contribution >= 4 is 54.9 Å². The summed E-state index contributed by atoms with van der Waals surface area (Å²) in [6.45, 7) is 2.09. The van der Waals surface area contributed by atoms with Gasteiger partial charge in [0, 0.05) is 38.4 Å². The van der Waals surface area contributed by atoms with Gasteiger partial charge in [-0.2, -0.15) is 0 Å². The van der Waals surface area contributed by atoms with Gasteiger partial charge in [-0.25, -0.2) is 0 Å². The van der Waals surface area contributed by atoms with Crippen molar-refractivity contribution in [3.05, 3.63) is 111 Å². The molecule has 160 valence electrons. The predicted molar refractivity (Wildman–Crippen MR) is 140 cm³/mol. The number of hydrogen-bond donors (Lipinski definition) is 1. The number of nitrogens with zero attached hydrogens (tertiary/aromatic N) is 3. The van der Waals surface area contributed by atoms with E-state index in [0.29, 0.717) is 5.11 Å². The van der Waals surface area contributed by atoms with Gasteiger partial charge < -0.3 is 14.8 Å². The third-order valence-corrected chi connectivity index (χ3v) is 7.39. The highest BCUT2D eigenvalue weighted by atomic mass is 79.9. The molecule has 1 saturated heterocycles. The minimum atomic E-state index is -0.0894. The second-order valence-electron chi connectivity index (χ2n) is 7.71. The molecular weight excluding hydrogens is 548 g/mol. The van der Waals surface area contributed by atoms with E-state index >= 15 is 0 Å². The number of aryl methyl sites for hydroxylation is 1. The number of aromatic nitrogens is 2. The van der Waals surface area contributed by atoms with Crippen LogP contribution in [0.2, 0.25) is 0 Å². The lowest BCUT2D eigenvalue weighted by atomic mass is 10.0. The fourth-order valence-electron chi connectivity index (χ4n) is 4.21. The maximum Gasteiger partial charge on any atom is 0.174 e. The first kappa shape index (κ1) is 21.4. The van der Waals surface area contributed by atoms with Gasteiger partial charge in [0.15, 0.2) is 5.11 Å². The van der Waals surface area contributed by atoms with Gasteiger partial charge in [-0.1, -0.05) is 44.0 Å². The van der Waals surface area contributed by atoms with Gasteiger partial charge in [0.1, 0.15) is 6.04 Å². The normalized spacial score (nSPS) is 18.1. The van der Waals surface area contributed by atoms with Crippen molar-refractivity contribution in [3.63, 3.8) is 0 Å². The Labute approximate surface area is 209 Å². The van der Waals surface area contributed by atoms with Crippen LogP contribution in [-0.2, 0) is 0 Å². The Bertz CT molecular complexity index is 1290. The molecule has 4 aromatic rings. The topological polar surface area (TPSA) is 33.1 Å². The van der Waals surface area contributed by atoms with Crippen molar-refractivity contribution in [2.75, 3.05) is 4.90 Å². The van der Waals surface area contributed by atoms with Crippen LogP contribution in [0.1, 0.15) is 29.0 Å². The molecule has 5 rings (SSSR count). The molecule has 0 bridgehead atoms. The molecule has 0 spiro atoms. The summed E-state index contributed by atoms with van der Waals surface area (Å²) >= 11 is 13.1. The van der Waals surface area contributed by atoms with Gasteiger partial charge in [-0.3, -0.25) is 4.98 Å². The first-order valence-corrected chi connectivity index (χ1v) is 12.2. The number of pyridine rings is 1. The van der Waals surface area contributed by atoms with Crippen LogP contribution in [0.15, 0.2) is 94.1 Å². The van der Waals surface area contributed by atoms with Crippen molar-refractivity contribution < 1.29 is 0 Å². The minimum Gasteiger partial charge on any atom is -0.351 e. The van der Waals surface area contributed by atoms with Crippen molar-refractivity contribution in [3.8, 4) is 5.69 Å². The van der Waals surface area contributed by atoms with Gasteiger partial charge in [-0.15, -0.1) is 0 Å². The summed E-state index contributed by atoms with van der Waals surface area (Å²) in [5, 5.41) is 4.23. The molecule has 1 fully saturated rings. The highest BCUT2D eigenvalue weighted by Gasteiger charge is 2.42. The van der Waals surface area contributed by atoms with Crippen LogP contribution in [0.5, 0.6) is 0 Å². The fraction of sp³-hybridized carbons (Fsp3) is 0.120. The smallest absolute Gasteiger partial charge is 0.174 e. The SMILES string of the molecule is Cc1cc(N2C(=S)N[C@H](c3ccccn3)[C@@H]2c2cccn2-c2cccc(Br)c2)ccc1Br. The lowest BCUT2D eigenvalue weighted by Gasteiger charge is -2.29. The lowest BCUT2D eigenvalue weighted by molar-refractivity contribution is 0.549. The number of thiocarbonyl (C=S) groups is 1. The molecular formula is C25H20Br2N4S. The highest BCUT2D eigenvalue weighted by Crippen LogP contribution is 2.42. The number of benzene rings is 2. The second-order valence-corrected chi connectivity index (χ2v) is 9.87. The van der Waals surface area contributed by atoms with Crippen molar-refractivity contribution in [2.45, 2.75) is 19.0 Å². The third-order valence-electron chi connectivity index (χ3n) is 5.69. The summed E-state index contributed by atoms with van der Waals surface area (Å²) in [7, 11) is 0. The average molecular weight is 568 g/mol. The van der Waals surface area contributed by atoms with Crippen molar-refractivity contribution in [2.24, 2.45) is 0 Å². The Hall–Kier alpha value is -2.48. The molecule has 1 aliphatic heterocycles. The van der Waals surface area contributed by atoms with Crippen LogP contribution in [-0.4, -0.2) is 14.7 Å². The number of hydrogen-bond acceptors (Lipinski definition) is 2. The Morgan fingerprint density at radius 1 is 0.938 bits per heavy atom. The molecule has 1 aliphatic rings. The quantitative estimate of drug-likeness (QED) is 0.272. The van der Waals surface area contributed by atoms with Crippen LogP contribution < -0.4 is 10.2 Å². The van der Waals surface area contributed by atoms with Gasteiger partial charge in [0.25, 0.3) is 0 Å². The first-order chi connectivity index (χ1) is 15.5. The lowest BCUT2D eigenvalue weighted by Crippen LogP contribution is -2.30. The summed E-state index contributed by atoms with van der Waals surface area (Å²) in [5.74, 6) is 0. The van der Waals surface area contributed by atoms with Crippen molar-refractivity contribution in [1.29, 1.82) is 0 Å². The fourth-order valence-corrected chi connectivity index (χ4v) is 5.19. The second kappa shape index (κ2) is 8.81. The van der Waals surface area contributed by atoms with Gasteiger partial charge in [0.2, 0.25) is 0 Å². The predicted octanol–water partition coefficient (Wildman–Crippen LogP) is 6.88. The van der Waals surface area contributed by atoms with E-state index in [1.807, 2.05) is 30.5 Å². The number of halogens is 2. The van der Waals surface area contributed by atoms with Gasteiger partial charge in [-0.05, 0) is 85.4 Å². The molecule has 32 heavy (non-hydrogen) atoms. The molecule has 3 heterocycles. The van der Waals surface area contributed by atoms with Crippen LogP contribution in [0.3, 0.4) is 0 Å². The highest BCUT2D eigenvalue weighted by molar-refractivity contribution is 9.10. The average Bonchev–Trinajstić information content (AvgIpc) is 3.40. The molecule has 2 aromatic heterocycles. The Balaban J connectivity index is 1.68. The molecule has 0 amide bonds. The summed E-state index contributed by atoms with van der Waals surface area (Å²) in [6, 6.07) is 24.7. The van der Waals surface area contributed by atoms with Crippen LogP contribution >= 0.6 is 44.1 Å². The largest absolute Gasteiger partial charge is 0.351 e. The van der Waals surface area contributed by atoms with E-state index in [0.717, 1.165) is 37.3 Å². The maximum atomic E-state index is 5.87. The number of anilines is 1. The van der Waals surface area contributed by atoms with E-state index in [9.17, 15) is 0 Å². The van der Waals surface area contributed by atoms with Crippen molar-refractivity contribution in [1.82, 2.24) is 14.9 Å². The molecule has 2 atom stereocenters. The van der Waals surface area contributed by atoms with E-state index in [4.69, 9.17) is 12.2 Å². The monoisotopic (exact) mass is 566 g/mol. The molecule has 0 radical (unpaired) electrons. The maximum absolute atomic E-state index is 5.87. The van der Waals surface area contributed by atoms with Crippen LogP contribution in [0.4, 0.5) is 5.69 Å². The molecule has 0 unspecified atom stereocenters. The van der Waals surface area contributed by atoms with Crippen LogP contribution in [0, 0.1) is 6.92 Å². The summed E-state index contributed by atoms with van der Waals surface area (Å²) in [4.78, 5) is 6.86. The summed E-state index contributed by atoms with van der Waals surface area (Å²) < 4.78 is 4.34. The zero-order valence-corrected chi connectivity index (χ0v) is 21.2. The number of rotatable bonds is 4. The minimum absolute atomic E-state index is 0.0769. The first-order valence-electron chi connectivity index (χ1n) is 10.2. The Morgan fingerprint density at radius 2 is 1.81 bits per heavy atom. The van der Waals surface area contributed by atoms with E-state index in [1.54, 1.807) is 0 Å². The van der Waals surface area contributed by atoms with Crippen LogP contribution in [0.25, 0.3) is 5.69 Å². The summed E-state index contributed by atoms with van der Waals surface area (Å²) in [6.07, 6.45) is 3.93. The number of nitrogens with one attached hydrogen (secondary N) is 1. The summed E-state index contributed by atoms with van der Waals surface area (Å²) in [5.41, 5.74) is 5.38. The third kappa shape index (κ3) is 3.89. The molecule has 4 nitrogen and oxygen atoms in total. The van der Waals surface area contributed by atoms with E-state index in [2.05, 4.69) is 113 Å². The standard InChI is InChI=1S/C25H20Br2N4S/c1-16-14-19(10-11-20(16)27)31-24(23(29-25(31)32)21-8-2-3-12-28-21)22-9-5-13-30(22)18-7-4-6-17(26)15-18/h2-15,23-24H,1H3,(H,29,32)/t23-,24+/m1/s1. The Morgan fingerprint density at radius 3 is 2.56 bits per heavy atom. The van der Waals surface area contributed by atoms with E-state index < -0.39 is 0 Å². The van der Waals surface area contributed by atoms with Gasteiger partial charge in [0.05, 0.1) is 11.7 Å².